The van der Waals surface area contributed by atoms with E-state index in [1.165, 1.54) is 57.8 Å². The summed E-state index contributed by atoms with van der Waals surface area (Å²) in [6.45, 7) is 7.30. The van der Waals surface area contributed by atoms with E-state index in [0.717, 1.165) is 5.92 Å². The van der Waals surface area contributed by atoms with E-state index in [1.807, 2.05) is 0 Å². The Morgan fingerprint density at radius 2 is 1.64 bits per heavy atom. The lowest BCUT2D eigenvalue weighted by Crippen LogP contribution is -2.26. The first-order valence-electron chi connectivity index (χ1n) is 6.67. The molecule has 0 aromatic rings. The SMILES string of the molecule is CCCCCC(C)(C)C1CCCCC1. The summed E-state index contributed by atoms with van der Waals surface area (Å²) < 4.78 is 0. The van der Waals surface area contributed by atoms with E-state index in [2.05, 4.69) is 20.8 Å². The van der Waals surface area contributed by atoms with Crippen LogP contribution in [-0.2, 0) is 0 Å². The van der Waals surface area contributed by atoms with Crippen molar-refractivity contribution in [2.75, 3.05) is 0 Å². The topological polar surface area (TPSA) is 0 Å². The van der Waals surface area contributed by atoms with Crippen molar-refractivity contribution in [3.05, 3.63) is 0 Å². The van der Waals surface area contributed by atoms with Crippen molar-refractivity contribution in [1.29, 1.82) is 0 Å². The van der Waals surface area contributed by atoms with Crippen LogP contribution < -0.4 is 0 Å². The van der Waals surface area contributed by atoms with Gasteiger partial charge in [0.2, 0.25) is 0 Å². The molecule has 0 spiro atoms. The third kappa shape index (κ3) is 3.63. The van der Waals surface area contributed by atoms with Crippen LogP contribution >= 0.6 is 0 Å². The van der Waals surface area contributed by atoms with Gasteiger partial charge in [-0.3, -0.25) is 0 Å². The van der Waals surface area contributed by atoms with E-state index in [9.17, 15) is 0 Å². The predicted octanol–water partition coefficient (Wildman–Crippen LogP) is 5.17. The summed E-state index contributed by atoms with van der Waals surface area (Å²) in [7, 11) is 0. The van der Waals surface area contributed by atoms with Crippen molar-refractivity contribution in [3.8, 4) is 0 Å². The van der Waals surface area contributed by atoms with Gasteiger partial charge in [0, 0.05) is 0 Å². The van der Waals surface area contributed by atoms with Gasteiger partial charge < -0.3 is 0 Å². The molecule has 1 fully saturated rings. The molecular formula is C14H28. The highest BCUT2D eigenvalue weighted by Crippen LogP contribution is 2.41. The van der Waals surface area contributed by atoms with Gasteiger partial charge in [-0.1, -0.05) is 59.3 Å². The molecule has 0 heterocycles. The van der Waals surface area contributed by atoms with Gasteiger partial charge in [0.25, 0.3) is 0 Å². The predicted molar refractivity (Wildman–Crippen MR) is 64.5 cm³/mol. The van der Waals surface area contributed by atoms with Crippen molar-refractivity contribution in [3.63, 3.8) is 0 Å². The quantitative estimate of drug-likeness (QED) is 0.532. The van der Waals surface area contributed by atoms with Crippen LogP contribution in [-0.4, -0.2) is 0 Å². The molecule has 0 aromatic heterocycles. The van der Waals surface area contributed by atoms with Gasteiger partial charge in [-0.05, 0) is 30.6 Å². The second-order valence-electron chi connectivity index (χ2n) is 5.78. The van der Waals surface area contributed by atoms with Crippen molar-refractivity contribution in [2.24, 2.45) is 11.3 Å². The Bertz CT molecular complexity index is 140. The molecule has 1 aliphatic rings. The number of hydrogen-bond acceptors (Lipinski definition) is 0. The van der Waals surface area contributed by atoms with Crippen LogP contribution in [0.3, 0.4) is 0 Å². The second-order valence-corrected chi connectivity index (χ2v) is 5.78. The zero-order valence-corrected chi connectivity index (χ0v) is 10.4. The van der Waals surface area contributed by atoms with Crippen LogP contribution in [0.5, 0.6) is 0 Å². The zero-order chi connectivity index (χ0) is 10.4. The fourth-order valence-corrected chi connectivity index (χ4v) is 2.92. The lowest BCUT2D eigenvalue weighted by molar-refractivity contribution is 0.142. The van der Waals surface area contributed by atoms with Gasteiger partial charge in [0.15, 0.2) is 0 Å². The van der Waals surface area contributed by atoms with Crippen LogP contribution in [0.15, 0.2) is 0 Å². The van der Waals surface area contributed by atoms with Gasteiger partial charge in [-0.15, -0.1) is 0 Å². The number of unbranched alkanes of at least 4 members (excludes halogenated alkanes) is 2. The molecule has 84 valence electrons. The lowest BCUT2D eigenvalue weighted by atomic mass is 9.69. The molecular weight excluding hydrogens is 168 g/mol. The van der Waals surface area contributed by atoms with E-state index in [-0.39, 0.29) is 0 Å². The molecule has 0 saturated heterocycles. The first-order valence-corrected chi connectivity index (χ1v) is 6.67. The summed E-state index contributed by atoms with van der Waals surface area (Å²) in [5.41, 5.74) is 0.621. The van der Waals surface area contributed by atoms with E-state index >= 15 is 0 Å². The van der Waals surface area contributed by atoms with Crippen LogP contribution in [0, 0.1) is 11.3 Å². The highest BCUT2D eigenvalue weighted by Gasteiger charge is 2.29. The first kappa shape index (κ1) is 12.1. The highest BCUT2D eigenvalue weighted by molar-refractivity contribution is 4.80. The molecule has 0 bridgehead atoms. The van der Waals surface area contributed by atoms with Crippen LogP contribution in [0.2, 0.25) is 0 Å². The molecule has 0 N–H and O–H groups in total. The van der Waals surface area contributed by atoms with Crippen molar-refractivity contribution < 1.29 is 0 Å². The zero-order valence-electron chi connectivity index (χ0n) is 10.4. The minimum atomic E-state index is 0.621. The normalized spacial score (nSPS) is 19.9. The molecule has 0 radical (unpaired) electrons. The fourth-order valence-electron chi connectivity index (χ4n) is 2.92. The maximum atomic E-state index is 2.50. The number of rotatable bonds is 5. The lowest BCUT2D eigenvalue weighted by Gasteiger charge is -2.37. The summed E-state index contributed by atoms with van der Waals surface area (Å²) in [6.07, 6.45) is 13.1. The number of hydrogen-bond donors (Lipinski definition) is 0. The Balaban J connectivity index is 2.29. The van der Waals surface area contributed by atoms with Gasteiger partial charge in [-0.2, -0.15) is 0 Å². The Labute approximate surface area is 90.5 Å². The monoisotopic (exact) mass is 196 g/mol. The Morgan fingerprint density at radius 3 is 2.21 bits per heavy atom. The summed E-state index contributed by atoms with van der Waals surface area (Å²) in [4.78, 5) is 0. The average molecular weight is 196 g/mol. The molecule has 0 heteroatoms. The van der Waals surface area contributed by atoms with Gasteiger partial charge in [-0.25, -0.2) is 0 Å². The Morgan fingerprint density at radius 1 is 1.00 bits per heavy atom. The van der Waals surface area contributed by atoms with Crippen molar-refractivity contribution in [2.45, 2.75) is 78.6 Å². The minimum absolute atomic E-state index is 0.621. The van der Waals surface area contributed by atoms with Gasteiger partial charge in [0.1, 0.15) is 0 Å². The molecule has 0 aromatic carbocycles. The maximum Gasteiger partial charge on any atom is -0.0326 e. The van der Waals surface area contributed by atoms with E-state index < -0.39 is 0 Å². The molecule has 0 aliphatic heterocycles. The Kier molecular flexibility index (Phi) is 4.98. The smallest absolute Gasteiger partial charge is 0.0326 e. The average Bonchev–Trinajstić information content (AvgIpc) is 2.19. The van der Waals surface area contributed by atoms with E-state index in [1.54, 1.807) is 0 Å². The van der Waals surface area contributed by atoms with Gasteiger partial charge in [0.05, 0.1) is 0 Å². The molecule has 0 atom stereocenters. The van der Waals surface area contributed by atoms with Crippen LogP contribution in [0.4, 0.5) is 0 Å². The summed E-state index contributed by atoms with van der Waals surface area (Å²) in [6, 6.07) is 0. The van der Waals surface area contributed by atoms with Crippen molar-refractivity contribution >= 4 is 0 Å². The molecule has 14 heavy (non-hydrogen) atoms. The summed E-state index contributed by atoms with van der Waals surface area (Å²) in [5.74, 6) is 1.02. The van der Waals surface area contributed by atoms with Crippen LogP contribution in [0.1, 0.15) is 78.6 Å². The second kappa shape index (κ2) is 5.78. The molecule has 0 amide bonds. The molecule has 0 nitrogen and oxygen atoms in total. The first-order chi connectivity index (χ1) is 6.67. The van der Waals surface area contributed by atoms with E-state index in [4.69, 9.17) is 0 Å². The standard InChI is InChI=1S/C14H28/c1-4-5-9-12-14(2,3)13-10-7-6-8-11-13/h13H,4-12H2,1-3H3. The summed E-state index contributed by atoms with van der Waals surface area (Å²) >= 11 is 0. The summed E-state index contributed by atoms with van der Waals surface area (Å²) in [5, 5.41) is 0. The maximum absolute atomic E-state index is 2.50. The highest BCUT2D eigenvalue weighted by atomic mass is 14.3. The third-order valence-electron chi connectivity index (χ3n) is 4.14. The van der Waals surface area contributed by atoms with Crippen LogP contribution in [0.25, 0.3) is 0 Å². The molecule has 1 saturated carbocycles. The van der Waals surface area contributed by atoms with Crippen molar-refractivity contribution in [1.82, 2.24) is 0 Å². The minimum Gasteiger partial charge on any atom is -0.0654 e. The molecule has 0 unspecified atom stereocenters. The molecule has 1 rings (SSSR count). The van der Waals surface area contributed by atoms with Gasteiger partial charge >= 0.3 is 0 Å². The largest absolute Gasteiger partial charge is 0.0654 e. The molecule has 1 aliphatic carbocycles. The van der Waals surface area contributed by atoms with E-state index in [0.29, 0.717) is 5.41 Å². The Hall–Kier alpha value is 0. The fraction of sp³-hybridized carbons (Fsp3) is 1.00. The third-order valence-corrected chi connectivity index (χ3v) is 4.14.